The van der Waals surface area contributed by atoms with Crippen molar-refractivity contribution in [1.82, 2.24) is 9.13 Å². The first-order valence-electron chi connectivity index (χ1n) is 18.3. The van der Waals surface area contributed by atoms with Crippen LogP contribution >= 0.6 is 0 Å². The molecule has 0 aliphatic rings. The van der Waals surface area contributed by atoms with Gasteiger partial charge in [0.2, 0.25) is 0 Å². The summed E-state index contributed by atoms with van der Waals surface area (Å²) < 4.78 is 48.6. The highest BCUT2D eigenvalue weighted by Gasteiger charge is 2.27. The summed E-state index contributed by atoms with van der Waals surface area (Å²) in [5, 5.41) is 18.4. The van der Waals surface area contributed by atoms with Crippen molar-refractivity contribution in [3.63, 3.8) is 0 Å². The SMILES string of the molecule is N#Cc1cc(-n2c3ccccc3c3ccc4c5ccccc5oc4c32)c(-c2cc(F)cc(F)c2)c(-n2c3ccccc3c3ccc4c5ccccc5oc4c32)c1. The zero-order chi connectivity index (χ0) is 37.2. The van der Waals surface area contributed by atoms with Gasteiger partial charge in [0.25, 0.3) is 0 Å². The van der Waals surface area contributed by atoms with E-state index in [1.165, 1.54) is 12.1 Å². The molecule has 0 fully saturated rings. The van der Waals surface area contributed by atoms with Crippen molar-refractivity contribution in [2.45, 2.75) is 0 Å². The van der Waals surface area contributed by atoms with Crippen molar-refractivity contribution >= 4 is 87.5 Å². The third-order valence-electron chi connectivity index (χ3n) is 11.2. The smallest absolute Gasteiger partial charge is 0.160 e. The lowest BCUT2D eigenvalue weighted by molar-refractivity contribution is 0.584. The van der Waals surface area contributed by atoms with E-state index in [2.05, 4.69) is 51.6 Å². The quantitative estimate of drug-likeness (QED) is 0.182. The number of rotatable bonds is 3. The molecule has 0 bridgehead atoms. The summed E-state index contributed by atoms with van der Waals surface area (Å²) in [5.74, 6) is -1.44. The molecule has 0 unspecified atom stereocenters. The second-order valence-electron chi connectivity index (χ2n) is 14.2. The molecule has 56 heavy (non-hydrogen) atoms. The summed E-state index contributed by atoms with van der Waals surface area (Å²) >= 11 is 0. The van der Waals surface area contributed by atoms with Crippen molar-refractivity contribution in [2.24, 2.45) is 0 Å². The van der Waals surface area contributed by atoms with Crippen LogP contribution in [-0.2, 0) is 0 Å². The molecule has 7 heteroatoms. The monoisotopic (exact) mass is 725 g/mol. The maximum Gasteiger partial charge on any atom is 0.160 e. The van der Waals surface area contributed by atoms with Crippen molar-refractivity contribution in [3.05, 3.63) is 169 Å². The molecule has 5 nitrogen and oxygen atoms in total. The molecule has 0 aliphatic carbocycles. The van der Waals surface area contributed by atoms with Crippen LogP contribution in [0.5, 0.6) is 0 Å². The molecule has 8 aromatic carbocycles. The van der Waals surface area contributed by atoms with Crippen LogP contribution < -0.4 is 0 Å². The van der Waals surface area contributed by atoms with E-state index in [0.29, 0.717) is 39.2 Å². The highest BCUT2D eigenvalue weighted by molar-refractivity contribution is 6.23. The average Bonchev–Trinajstić information content (AvgIpc) is 3.97. The first kappa shape index (κ1) is 30.7. The van der Waals surface area contributed by atoms with Gasteiger partial charge in [-0.05, 0) is 66.2 Å². The molecule has 0 spiro atoms. The Hall–Kier alpha value is -7.69. The number of para-hydroxylation sites is 4. The first-order chi connectivity index (χ1) is 27.6. The van der Waals surface area contributed by atoms with Crippen LogP contribution in [0.15, 0.2) is 160 Å². The Kier molecular flexibility index (Phi) is 6.13. The Morgan fingerprint density at radius 1 is 0.446 bits per heavy atom. The maximum atomic E-state index is 15.5. The van der Waals surface area contributed by atoms with Gasteiger partial charge in [0.05, 0.1) is 45.1 Å². The fourth-order valence-electron chi connectivity index (χ4n) is 8.99. The van der Waals surface area contributed by atoms with Crippen molar-refractivity contribution < 1.29 is 17.6 Å². The molecule has 12 rings (SSSR count). The second-order valence-corrected chi connectivity index (χ2v) is 14.2. The Morgan fingerprint density at radius 2 is 0.875 bits per heavy atom. The third-order valence-corrected chi connectivity index (χ3v) is 11.2. The predicted octanol–water partition coefficient (Wildman–Crippen LogP) is 13.5. The van der Waals surface area contributed by atoms with Crippen LogP contribution in [0.4, 0.5) is 8.78 Å². The molecule has 4 aromatic heterocycles. The van der Waals surface area contributed by atoms with Gasteiger partial charge >= 0.3 is 0 Å². The van der Waals surface area contributed by atoms with E-state index in [9.17, 15) is 5.26 Å². The summed E-state index contributed by atoms with van der Waals surface area (Å²) in [6, 6.07) is 49.9. The molecule has 0 saturated carbocycles. The van der Waals surface area contributed by atoms with E-state index < -0.39 is 11.6 Å². The average molecular weight is 726 g/mol. The zero-order valence-electron chi connectivity index (χ0n) is 29.3. The summed E-state index contributed by atoms with van der Waals surface area (Å²) in [6.07, 6.45) is 0. The number of furan rings is 2. The highest BCUT2D eigenvalue weighted by atomic mass is 19.1. The van der Waals surface area contributed by atoms with Crippen LogP contribution in [-0.4, -0.2) is 9.13 Å². The van der Waals surface area contributed by atoms with E-state index in [-0.39, 0.29) is 0 Å². The number of fused-ring (bicyclic) bond motifs is 14. The largest absolute Gasteiger partial charge is 0.454 e. The van der Waals surface area contributed by atoms with Crippen LogP contribution in [0.2, 0.25) is 0 Å². The van der Waals surface area contributed by atoms with E-state index in [1.807, 2.05) is 84.9 Å². The van der Waals surface area contributed by atoms with E-state index >= 15 is 8.78 Å². The lowest BCUT2D eigenvalue weighted by atomic mass is 9.97. The summed E-state index contributed by atoms with van der Waals surface area (Å²) in [4.78, 5) is 0. The minimum absolute atomic E-state index is 0.308. The van der Waals surface area contributed by atoms with Gasteiger partial charge in [-0.15, -0.1) is 0 Å². The standard InChI is InChI=1S/C49H25F2N3O2/c50-29-23-28(24-30(51)25-29)45-41(53-39-13-5-1-9-31(39)35-17-19-37-33-11-3-7-15-43(33)55-48(37)46(35)53)21-27(26-52)22-42(45)54-40-14-6-2-10-32(40)36-18-20-38-34-12-4-8-16-44(34)56-49(38)47(36)54/h1-25H. The molecule has 0 radical (unpaired) electrons. The van der Waals surface area contributed by atoms with Gasteiger partial charge in [0.15, 0.2) is 11.2 Å². The third kappa shape index (κ3) is 4.10. The fraction of sp³-hybridized carbons (Fsp3) is 0. The lowest BCUT2D eigenvalue weighted by Gasteiger charge is -2.21. The van der Waals surface area contributed by atoms with Crippen LogP contribution in [0.1, 0.15) is 5.56 Å². The number of hydrogen-bond acceptors (Lipinski definition) is 3. The molecule has 0 atom stereocenters. The minimum Gasteiger partial charge on any atom is -0.454 e. The Morgan fingerprint density at radius 3 is 1.36 bits per heavy atom. The second kappa shape index (κ2) is 11.2. The molecular formula is C49H25F2N3O2. The number of nitriles is 1. The molecule has 262 valence electrons. The molecule has 12 aromatic rings. The van der Waals surface area contributed by atoms with Crippen LogP contribution in [0, 0.1) is 23.0 Å². The zero-order valence-corrected chi connectivity index (χ0v) is 29.3. The molecule has 0 aliphatic heterocycles. The van der Waals surface area contributed by atoms with Gasteiger partial charge < -0.3 is 18.0 Å². The predicted molar refractivity (Wildman–Crippen MR) is 220 cm³/mol. The topological polar surface area (TPSA) is 59.9 Å². The molecule has 4 heterocycles. The van der Waals surface area contributed by atoms with Crippen molar-refractivity contribution in [3.8, 4) is 28.6 Å². The van der Waals surface area contributed by atoms with Gasteiger partial charge in [-0.2, -0.15) is 5.26 Å². The van der Waals surface area contributed by atoms with E-state index in [0.717, 1.165) is 82.4 Å². The van der Waals surface area contributed by atoms with Gasteiger partial charge in [0, 0.05) is 54.7 Å². The molecule has 0 amide bonds. The summed E-state index contributed by atoms with van der Waals surface area (Å²) in [5.41, 5.74) is 8.38. The van der Waals surface area contributed by atoms with Gasteiger partial charge in [-0.1, -0.05) is 84.9 Å². The van der Waals surface area contributed by atoms with Gasteiger partial charge in [0.1, 0.15) is 22.8 Å². The number of benzene rings is 8. The number of hydrogen-bond donors (Lipinski definition) is 0. The Labute approximate surface area is 316 Å². The lowest BCUT2D eigenvalue weighted by Crippen LogP contribution is -2.05. The van der Waals surface area contributed by atoms with E-state index in [4.69, 9.17) is 8.83 Å². The molecule has 0 N–H and O–H groups in total. The van der Waals surface area contributed by atoms with Gasteiger partial charge in [-0.25, -0.2) is 8.78 Å². The van der Waals surface area contributed by atoms with Crippen molar-refractivity contribution in [2.75, 3.05) is 0 Å². The van der Waals surface area contributed by atoms with Crippen LogP contribution in [0.3, 0.4) is 0 Å². The molecular weight excluding hydrogens is 701 g/mol. The minimum atomic E-state index is -0.718. The Bertz CT molecular complexity index is 3480. The Balaban J connectivity index is 1.33. The maximum absolute atomic E-state index is 15.5. The number of halogens is 2. The normalized spacial score (nSPS) is 12.1. The van der Waals surface area contributed by atoms with E-state index in [1.54, 1.807) is 12.1 Å². The first-order valence-corrected chi connectivity index (χ1v) is 18.3. The summed E-state index contributed by atoms with van der Waals surface area (Å²) in [6.45, 7) is 0. The van der Waals surface area contributed by atoms with Crippen molar-refractivity contribution in [1.29, 1.82) is 5.26 Å². The molecule has 0 saturated heterocycles. The number of aromatic nitrogens is 2. The number of nitrogens with zero attached hydrogens (tertiary/aromatic N) is 3. The van der Waals surface area contributed by atoms with Gasteiger partial charge in [-0.3, -0.25) is 0 Å². The highest BCUT2D eigenvalue weighted by Crippen LogP contribution is 2.47. The fourth-order valence-corrected chi connectivity index (χ4v) is 8.99. The summed E-state index contributed by atoms with van der Waals surface area (Å²) in [7, 11) is 0. The van der Waals surface area contributed by atoms with Crippen LogP contribution in [0.25, 0.3) is 110 Å².